The van der Waals surface area contributed by atoms with Gasteiger partial charge in [-0.05, 0) is 17.9 Å². The molecule has 2 nitrogen and oxygen atoms in total. The number of hydrogen-bond donors (Lipinski definition) is 1. The zero-order valence-corrected chi connectivity index (χ0v) is 7.91. The van der Waals surface area contributed by atoms with Gasteiger partial charge in [-0.2, -0.15) is 0 Å². The average molecular weight is 166 g/mol. The Morgan fingerprint density at radius 3 is 2.58 bits per heavy atom. The molecule has 0 aliphatic heterocycles. The van der Waals surface area contributed by atoms with Crippen LogP contribution in [-0.2, 0) is 6.42 Å². The second-order valence-corrected chi connectivity index (χ2v) is 4.33. The predicted molar refractivity (Wildman–Crippen MR) is 47.0 cm³/mol. The fourth-order valence-corrected chi connectivity index (χ4v) is 1.23. The number of hydrogen-bond acceptors (Lipinski definition) is 1. The summed E-state index contributed by atoms with van der Waals surface area (Å²) in [6.07, 6.45) is 4.34. The van der Waals surface area contributed by atoms with E-state index in [2.05, 4.69) is 20.8 Å². The lowest BCUT2D eigenvalue weighted by molar-refractivity contribution is -0.905. The van der Waals surface area contributed by atoms with Gasteiger partial charge in [0.1, 0.15) is 0 Å². The van der Waals surface area contributed by atoms with Crippen molar-refractivity contribution in [2.45, 2.75) is 27.2 Å². The second-order valence-electron chi connectivity index (χ2n) is 4.33. The fraction of sp³-hybridized carbons (Fsp3) is 0.500. The van der Waals surface area contributed by atoms with Crippen molar-refractivity contribution in [3.8, 4) is 0 Å². The van der Waals surface area contributed by atoms with Crippen molar-refractivity contribution >= 4 is 0 Å². The van der Waals surface area contributed by atoms with Crippen molar-refractivity contribution in [3.05, 3.63) is 30.1 Å². The normalized spacial score (nSPS) is 11.6. The lowest BCUT2D eigenvalue weighted by atomic mass is 9.89. The minimum atomic E-state index is 0.272. The van der Waals surface area contributed by atoms with E-state index in [4.69, 9.17) is 5.21 Å². The summed E-state index contributed by atoms with van der Waals surface area (Å²) in [5, 5.41) is 9.13. The van der Waals surface area contributed by atoms with Gasteiger partial charge in [-0.1, -0.05) is 20.8 Å². The first-order valence-electron chi connectivity index (χ1n) is 4.17. The largest absolute Gasteiger partial charge is 0.285 e. The van der Waals surface area contributed by atoms with Gasteiger partial charge in [-0.25, -0.2) is 0 Å². The van der Waals surface area contributed by atoms with E-state index in [1.54, 1.807) is 12.4 Å². The summed E-state index contributed by atoms with van der Waals surface area (Å²) >= 11 is 0. The average Bonchev–Trinajstić information content (AvgIpc) is 1.82. The van der Waals surface area contributed by atoms with Gasteiger partial charge in [-0.3, -0.25) is 5.21 Å². The van der Waals surface area contributed by atoms with Crippen LogP contribution in [0.5, 0.6) is 0 Å². The molecule has 0 bridgehead atoms. The van der Waals surface area contributed by atoms with Crippen LogP contribution in [0.25, 0.3) is 0 Å². The van der Waals surface area contributed by atoms with Crippen molar-refractivity contribution in [1.82, 2.24) is 0 Å². The van der Waals surface area contributed by atoms with Gasteiger partial charge in [0, 0.05) is 16.4 Å². The van der Waals surface area contributed by atoms with Crippen LogP contribution < -0.4 is 4.73 Å². The molecule has 1 aromatic rings. The lowest BCUT2D eigenvalue weighted by Gasteiger charge is -2.16. The zero-order valence-electron chi connectivity index (χ0n) is 7.91. The summed E-state index contributed by atoms with van der Waals surface area (Å²) in [7, 11) is 0. The van der Waals surface area contributed by atoms with Crippen LogP contribution in [0.15, 0.2) is 24.5 Å². The Morgan fingerprint density at radius 2 is 2.08 bits per heavy atom. The van der Waals surface area contributed by atoms with Crippen molar-refractivity contribution in [3.63, 3.8) is 0 Å². The maximum atomic E-state index is 9.13. The van der Waals surface area contributed by atoms with Crippen molar-refractivity contribution in [2.24, 2.45) is 5.41 Å². The molecule has 0 atom stereocenters. The molecule has 0 saturated heterocycles. The Balaban J connectivity index is 2.77. The highest BCUT2D eigenvalue weighted by Crippen LogP contribution is 2.18. The minimum absolute atomic E-state index is 0.272. The molecule has 0 radical (unpaired) electrons. The summed E-state index contributed by atoms with van der Waals surface area (Å²) in [5.41, 5.74) is 1.43. The maximum absolute atomic E-state index is 9.13. The van der Waals surface area contributed by atoms with Crippen LogP contribution in [0.4, 0.5) is 0 Å². The topological polar surface area (TPSA) is 24.1 Å². The summed E-state index contributed by atoms with van der Waals surface area (Å²) < 4.78 is 1.10. The minimum Gasteiger partial charge on any atom is -0.285 e. The molecule has 1 rings (SSSR count). The molecule has 0 aliphatic carbocycles. The molecule has 0 fully saturated rings. The summed E-state index contributed by atoms with van der Waals surface area (Å²) in [6, 6.07) is 3.87. The molecule has 0 aromatic carbocycles. The zero-order chi connectivity index (χ0) is 9.19. The smallest absolute Gasteiger partial charge is 0.225 e. The van der Waals surface area contributed by atoms with E-state index in [1.165, 1.54) is 0 Å². The van der Waals surface area contributed by atoms with Gasteiger partial charge in [0.2, 0.25) is 12.4 Å². The first kappa shape index (κ1) is 9.04. The van der Waals surface area contributed by atoms with Crippen LogP contribution in [0.1, 0.15) is 26.3 Å². The Hall–Kier alpha value is -1.05. The van der Waals surface area contributed by atoms with Gasteiger partial charge >= 0.3 is 0 Å². The van der Waals surface area contributed by atoms with Crippen LogP contribution in [-0.4, -0.2) is 5.21 Å². The van der Waals surface area contributed by atoms with E-state index >= 15 is 0 Å². The Bertz CT molecular complexity index is 263. The molecular weight excluding hydrogens is 150 g/mol. The third kappa shape index (κ3) is 2.91. The molecule has 1 heterocycles. The Labute approximate surface area is 73.4 Å². The fourth-order valence-electron chi connectivity index (χ4n) is 1.23. The van der Waals surface area contributed by atoms with Crippen LogP contribution in [0.3, 0.4) is 0 Å². The maximum Gasteiger partial charge on any atom is 0.225 e. The van der Waals surface area contributed by atoms with E-state index in [0.29, 0.717) is 0 Å². The van der Waals surface area contributed by atoms with E-state index in [0.717, 1.165) is 16.7 Å². The summed E-state index contributed by atoms with van der Waals surface area (Å²) in [4.78, 5) is 0. The van der Waals surface area contributed by atoms with Crippen LogP contribution in [0.2, 0.25) is 0 Å². The molecular formula is C10H16NO+. The highest BCUT2D eigenvalue weighted by Gasteiger charge is 2.13. The highest BCUT2D eigenvalue weighted by molar-refractivity contribution is 5.07. The number of aromatic nitrogens is 1. The molecule has 0 amide bonds. The van der Waals surface area contributed by atoms with Crippen molar-refractivity contribution in [2.75, 3.05) is 0 Å². The second kappa shape index (κ2) is 3.13. The van der Waals surface area contributed by atoms with Gasteiger partial charge in [-0.15, -0.1) is 0 Å². The van der Waals surface area contributed by atoms with Gasteiger partial charge in [0.05, 0.1) is 0 Å². The van der Waals surface area contributed by atoms with E-state index in [9.17, 15) is 0 Å². The first-order valence-corrected chi connectivity index (χ1v) is 4.17. The van der Waals surface area contributed by atoms with Crippen molar-refractivity contribution < 1.29 is 9.94 Å². The lowest BCUT2D eigenvalue weighted by Crippen LogP contribution is -2.29. The number of rotatable bonds is 1. The predicted octanol–water partition coefficient (Wildman–Crippen LogP) is 1.80. The molecule has 1 N–H and O–H groups in total. The third-order valence-electron chi connectivity index (χ3n) is 1.58. The van der Waals surface area contributed by atoms with E-state index in [1.807, 2.05) is 12.1 Å². The van der Waals surface area contributed by atoms with Gasteiger partial charge in [0.25, 0.3) is 0 Å². The van der Waals surface area contributed by atoms with Crippen LogP contribution in [0, 0.1) is 5.41 Å². The Morgan fingerprint density at radius 1 is 1.42 bits per heavy atom. The summed E-state index contributed by atoms with van der Waals surface area (Å²) in [6.45, 7) is 6.55. The number of nitrogens with zero attached hydrogens (tertiary/aromatic N) is 1. The number of pyridine rings is 1. The molecule has 0 spiro atoms. The Kier molecular flexibility index (Phi) is 2.36. The first-order chi connectivity index (χ1) is 5.47. The molecule has 12 heavy (non-hydrogen) atoms. The highest BCUT2D eigenvalue weighted by atomic mass is 16.5. The molecule has 0 saturated carbocycles. The molecule has 1 aromatic heterocycles. The van der Waals surface area contributed by atoms with E-state index < -0.39 is 0 Å². The van der Waals surface area contributed by atoms with Gasteiger partial charge in [0.15, 0.2) is 0 Å². The third-order valence-corrected chi connectivity index (χ3v) is 1.58. The van der Waals surface area contributed by atoms with E-state index in [-0.39, 0.29) is 5.41 Å². The molecule has 0 aliphatic rings. The monoisotopic (exact) mass is 166 g/mol. The standard InChI is InChI=1S/C10H16NO/c1-10(2,3)7-9-5-4-6-11(12)8-9/h4-6,8,12H,7H2,1-3H3/q+1. The van der Waals surface area contributed by atoms with Crippen molar-refractivity contribution in [1.29, 1.82) is 0 Å². The SMILES string of the molecule is CC(C)(C)Cc1ccc[n+](O)c1. The summed E-state index contributed by atoms with van der Waals surface area (Å²) in [5.74, 6) is 0. The molecule has 66 valence electrons. The molecule has 0 unspecified atom stereocenters. The molecule has 2 heteroatoms. The van der Waals surface area contributed by atoms with Gasteiger partial charge < -0.3 is 0 Å². The quantitative estimate of drug-likeness (QED) is 0.499. The van der Waals surface area contributed by atoms with Crippen LogP contribution >= 0.6 is 0 Å².